The van der Waals surface area contributed by atoms with Gasteiger partial charge in [0, 0.05) is 6.08 Å². The third-order valence-corrected chi connectivity index (χ3v) is 0.856. The molecule has 0 aliphatic rings. The molecule has 0 unspecified atom stereocenters. The van der Waals surface area contributed by atoms with Crippen LogP contribution in [0.3, 0.4) is 0 Å². The molecule has 3 heteroatoms. The van der Waals surface area contributed by atoms with Crippen molar-refractivity contribution in [2.24, 2.45) is 0 Å². The van der Waals surface area contributed by atoms with E-state index >= 15 is 0 Å². The van der Waals surface area contributed by atoms with E-state index in [9.17, 15) is 4.79 Å². The largest absolute Gasteiger partial charge is 0.449 e. The maximum absolute atomic E-state index is 10.4. The predicted molar refractivity (Wildman–Crippen MR) is 43.0 cm³/mol. The van der Waals surface area contributed by atoms with Gasteiger partial charge in [-0.05, 0) is 4.08 Å². The first kappa shape index (κ1) is 8.50. The molecule has 0 bridgehead atoms. The van der Waals surface area contributed by atoms with Crippen molar-refractivity contribution in [3.8, 4) is 12.3 Å². The molecule has 0 spiro atoms. The lowest BCUT2D eigenvalue weighted by atomic mass is 10.6. The van der Waals surface area contributed by atoms with E-state index in [-0.39, 0.29) is 6.61 Å². The highest BCUT2D eigenvalue weighted by molar-refractivity contribution is 14.1. The number of ether oxygens (including phenoxy) is 1. The van der Waals surface area contributed by atoms with E-state index in [4.69, 9.17) is 6.42 Å². The molecule has 48 valence electrons. The van der Waals surface area contributed by atoms with E-state index in [1.165, 1.54) is 6.08 Å². The van der Waals surface area contributed by atoms with Gasteiger partial charge in [0.2, 0.25) is 0 Å². The molecular weight excluding hydrogens is 231 g/mol. The number of esters is 1. The molecule has 0 fully saturated rings. The second-order valence-electron chi connectivity index (χ2n) is 1.10. The van der Waals surface area contributed by atoms with Crippen LogP contribution in [-0.2, 0) is 9.53 Å². The fourth-order valence-corrected chi connectivity index (χ4v) is 0.506. The van der Waals surface area contributed by atoms with E-state index in [0.29, 0.717) is 0 Å². The maximum Gasteiger partial charge on any atom is 0.332 e. The smallest absolute Gasteiger partial charge is 0.332 e. The summed E-state index contributed by atoms with van der Waals surface area (Å²) >= 11 is 1.92. The molecule has 0 aliphatic carbocycles. The summed E-state index contributed by atoms with van der Waals surface area (Å²) in [5, 5.41) is 0. The third kappa shape index (κ3) is 5.37. The van der Waals surface area contributed by atoms with Gasteiger partial charge in [-0.15, -0.1) is 6.42 Å². The van der Waals surface area contributed by atoms with Crippen LogP contribution in [0.15, 0.2) is 10.2 Å². The molecule has 0 rings (SSSR count). The molecule has 0 heterocycles. The summed E-state index contributed by atoms with van der Waals surface area (Å²) in [7, 11) is 0. The number of carbonyl (C=O) groups excluding carboxylic acids is 1. The monoisotopic (exact) mass is 236 g/mol. The average molecular weight is 236 g/mol. The molecule has 0 N–H and O–H groups in total. The van der Waals surface area contributed by atoms with Crippen LogP contribution in [0.5, 0.6) is 0 Å². The molecule has 0 amide bonds. The molecule has 0 radical (unpaired) electrons. The summed E-state index contributed by atoms with van der Waals surface area (Å²) in [6.07, 6.45) is 6.12. The fraction of sp³-hybridized carbons (Fsp3) is 0.167. The van der Waals surface area contributed by atoms with Gasteiger partial charge in [-0.3, -0.25) is 0 Å². The van der Waals surface area contributed by atoms with Gasteiger partial charge in [0.25, 0.3) is 0 Å². The topological polar surface area (TPSA) is 26.3 Å². The minimum atomic E-state index is -0.401. The Morgan fingerprint density at radius 1 is 1.89 bits per heavy atom. The summed E-state index contributed by atoms with van der Waals surface area (Å²) in [5.74, 6) is 1.78. The first-order valence-corrected chi connectivity index (χ1v) is 3.43. The van der Waals surface area contributed by atoms with Crippen molar-refractivity contribution < 1.29 is 9.53 Å². The van der Waals surface area contributed by atoms with E-state index in [1.807, 2.05) is 22.6 Å². The molecule has 0 aromatic heterocycles. The summed E-state index contributed by atoms with van der Waals surface area (Å²) in [5.41, 5.74) is 0. The number of halogens is 1. The van der Waals surface area contributed by atoms with Gasteiger partial charge in [0.15, 0.2) is 6.61 Å². The molecular formula is C6H5IO2. The zero-order valence-corrected chi connectivity index (χ0v) is 6.79. The van der Waals surface area contributed by atoms with E-state index < -0.39 is 5.97 Å². The number of terminal acetylenes is 1. The van der Waals surface area contributed by atoms with Crippen molar-refractivity contribution >= 4 is 28.6 Å². The molecule has 2 nitrogen and oxygen atoms in total. The molecule has 0 aromatic rings. The zero-order valence-electron chi connectivity index (χ0n) is 4.63. The lowest BCUT2D eigenvalue weighted by Crippen LogP contribution is -1.99. The Morgan fingerprint density at radius 3 is 3.00 bits per heavy atom. The van der Waals surface area contributed by atoms with Crippen LogP contribution < -0.4 is 0 Å². The van der Waals surface area contributed by atoms with Crippen molar-refractivity contribution in [3.63, 3.8) is 0 Å². The number of hydrogen-bond donors (Lipinski definition) is 0. The highest BCUT2D eigenvalue weighted by Crippen LogP contribution is 1.85. The first-order chi connectivity index (χ1) is 4.31. The van der Waals surface area contributed by atoms with Crippen LogP contribution in [0.25, 0.3) is 0 Å². The van der Waals surface area contributed by atoms with Crippen molar-refractivity contribution in [2.75, 3.05) is 6.61 Å². The number of hydrogen-bond acceptors (Lipinski definition) is 2. The van der Waals surface area contributed by atoms with Gasteiger partial charge >= 0.3 is 5.97 Å². The quantitative estimate of drug-likeness (QED) is 0.310. The number of rotatable bonds is 2. The third-order valence-electron chi connectivity index (χ3n) is 0.497. The molecule has 0 aromatic carbocycles. The minimum absolute atomic E-state index is 0.0415. The molecule has 0 aliphatic heterocycles. The summed E-state index contributed by atoms with van der Waals surface area (Å²) in [6.45, 7) is 0.0415. The Kier molecular flexibility index (Phi) is 5.32. The maximum atomic E-state index is 10.4. The summed E-state index contributed by atoms with van der Waals surface area (Å²) in [6, 6.07) is 0. The Bertz CT molecular complexity index is 155. The molecule has 0 atom stereocenters. The highest BCUT2D eigenvalue weighted by atomic mass is 127. The van der Waals surface area contributed by atoms with Crippen molar-refractivity contribution in [1.29, 1.82) is 0 Å². The van der Waals surface area contributed by atoms with E-state index in [2.05, 4.69) is 10.7 Å². The van der Waals surface area contributed by atoms with Crippen LogP contribution in [0.2, 0.25) is 0 Å². The number of carbonyl (C=O) groups is 1. The van der Waals surface area contributed by atoms with E-state index in [0.717, 1.165) is 0 Å². The van der Waals surface area contributed by atoms with Gasteiger partial charge < -0.3 is 4.74 Å². The minimum Gasteiger partial charge on any atom is -0.449 e. The Labute approximate surface area is 67.4 Å². The van der Waals surface area contributed by atoms with Gasteiger partial charge in [-0.1, -0.05) is 28.5 Å². The molecule has 0 saturated heterocycles. The average Bonchev–Trinajstić information content (AvgIpc) is 1.85. The first-order valence-electron chi connectivity index (χ1n) is 2.18. The summed E-state index contributed by atoms with van der Waals surface area (Å²) in [4.78, 5) is 10.4. The zero-order chi connectivity index (χ0) is 7.11. The molecule has 9 heavy (non-hydrogen) atoms. The van der Waals surface area contributed by atoms with E-state index in [1.54, 1.807) is 4.08 Å². The fourth-order valence-electron chi connectivity index (χ4n) is 0.212. The molecule has 0 saturated carbocycles. The van der Waals surface area contributed by atoms with Crippen LogP contribution in [0, 0.1) is 12.3 Å². The van der Waals surface area contributed by atoms with Gasteiger partial charge in [-0.25, -0.2) is 4.79 Å². The van der Waals surface area contributed by atoms with Crippen molar-refractivity contribution in [3.05, 3.63) is 10.2 Å². The van der Waals surface area contributed by atoms with Crippen molar-refractivity contribution in [2.45, 2.75) is 0 Å². The Hall–Kier alpha value is -0.500. The van der Waals surface area contributed by atoms with Crippen LogP contribution >= 0.6 is 22.6 Å². The van der Waals surface area contributed by atoms with Crippen molar-refractivity contribution in [1.82, 2.24) is 0 Å². The van der Waals surface area contributed by atoms with Gasteiger partial charge in [-0.2, -0.15) is 0 Å². The normalized spacial score (nSPS) is 8.89. The van der Waals surface area contributed by atoms with Gasteiger partial charge in [0.05, 0.1) is 0 Å². The lowest BCUT2D eigenvalue weighted by Gasteiger charge is -1.91. The Morgan fingerprint density at radius 2 is 2.56 bits per heavy atom. The second kappa shape index (κ2) is 5.63. The standard InChI is InChI=1S/C6H5IO2/c1-2-5-9-6(8)3-4-7/h1,3-4H,5H2/b4-3-. The highest BCUT2D eigenvalue weighted by Gasteiger charge is 1.90. The summed E-state index contributed by atoms with van der Waals surface area (Å²) < 4.78 is 6.03. The van der Waals surface area contributed by atoms with Crippen LogP contribution in [0.4, 0.5) is 0 Å². The Balaban J connectivity index is 3.42. The SMILES string of the molecule is C#CCOC(=O)/C=C\I. The predicted octanol–water partition coefficient (Wildman–Crippen LogP) is 1.11. The lowest BCUT2D eigenvalue weighted by molar-refractivity contribution is -0.136. The van der Waals surface area contributed by atoms with Crippen LogP contribution in [-0.4, -0.2) is 12.6 Å². The van der Waals surface area contributed by atoms with Gasteiger partial charge in [0.1, 0.15) is 0 Å². The second-order valence-corrected chi connectivity index (χ2v) is 1.82. The van der Waals surface area contributed by atoms with Crippen LogP contribution in [0.1, 0.15) is 0 Å².